The topological polar surface area (TPSA) is 86.8 Å². The summed E-state index contributed by atoms with van der Waals surface area (Å²) in [4.78, 5) is 11.7. The second-order valence-corrected chi connectivity index (χ2v) is 3.76. The van der Waals surface area contributed by atoms with Crippen LogP contribution in [0.15, 0.2) is 12.1 Å². The van der Waals surface area contributed by atoms with Crippen molar-refractivity contribution in [1.29, 1.82) is 0 Å². The molecule has 5 nitrogen and oxygen atoms in total. The van der Waals surface area contributed by atoms with Gasteiger partial charge in [-0.2, -0.15) is 0 Å². The molecule has 0 radical (unpaired) electrons. The molecule has 8 heteroatoms. The summed E-state index contributed by atoms with van der Waals surface area (Å²) in [6.45, 7) is -1.33. The Labute approximate surface area is 107 Å². The van der Waals surface area contributed by atoms with Crippen molar-refractivity contribution < 1.29 is 28.2 Å². The van der Waals surface area contributed by atoms with Crippen molar-refractivity contribution in [1.82, 2.24) is 0 Å². The predicted octanol–water partition coefficient (Wildman–Crippen LogP) is 1.17. The minimum absolute atomic E-state index is 0.0724. The molecule has 1 aromatic carbocycles. The van der Waals surface area contributed by atoms with E-state index in [4.69, 9.17) is 15.9 Å². The number of aliphatic hydroxyl groups excluding tert-OH is 1. The Bertz CT molecular complexity index is 469. The third-order valence-corrected chi connectivity index (χ3v) is 2.42. The summed E-state index contributed by atoms with van der Waals surface area (Å²) in [6, 6.07) is 1.64. The van der Waals surface area contributed by atoms with Gasteiger partial charge in [0.15, 0.2) is 0 Å². The SMILES string of the molecule is Nc1cc(C(=O)O)c(F)cc1N(CCO)CC(F)F. The number of anilines is 2. The van der Waals surface area contributed by atoms with Gasteiger partial charge in [-0.25, -0.2) is 18.0 Å². The Morgan fingerprint density at radius 3 is 2.53 bits per heavy atom. The van der Waals surface area contributed by atoms with Gasteiger partial charge >= 0.3 is 5.97 Å². The van der Waals surface area contributed by atoms with Crippen LogP contribution >= 0.6 is 0 Å². The summed E-state index contributed by atoms with van der Waals surface area (Å²) in [7, 11) is 0. The lowest BCUT2D eigenvalue weighted by molar-refractivity contribution is 0.0692. The second-order valence-electron chi connectivity index (χ2n) is 3.76. The number of aliphatic hydroxyl groups is 1. The number of halogens is 3. The molecule has 0 fully saturated rings. The van der Waals surface area contributed by atoms with Crippen LogP contribution in [0, 0.1) is 5.82 Å². The summed E-state index contributed by atoms with van der Waals surface area (Å²) in [5.41, 5.74) is 4.68. The molecule has 0 heterocycles. The van der Waals surface area contributed by atoms with Crippen LogP contribution in [0.3, 0.4) is 0 Å². The van der Waals surface area contributed by atoms with Gasteiger partial charge in [-0.15, -0.1) is 0 Å². The molecule has 0 aliphatic carbocycles. The number of carboxylic acids is 1. The van der Waals surface area contributed by atoms with Gasteiger partial charge in [-0.3, -0.25) is 0 Å². The van der Waals surface area contributed by atoms with E-state index in [2.05, 4.69) is 0 Å². The number of nitrogen functional groups attached to an aromatic ring is 1. The van der Waals surface area contributed by atoms with E-state index in [1.165, 1.54) is 0 Å². The molecule has 0 saturated carbocycles. The van der Waals surface area contributed by atoms with Gasteiger partial charge in [0.25, 0.3) is 6.43 Å². The van der Waals surface area contributed by atoms with Gasteiger partial charge in [0.2, 0.25) is 0 Å². The number of nitrogens with two attached hydrogens (primary N) is 1. The van der Waals surface area contributed by atoms with Gasteiger partial charge in [0.1, 0.15) is 5.82 Å². The number of hydrogen-bond acceptors (Lipinski definition) is 4. The summed E-state index contributed by atoms with van der Waals surface area (Å²) >= 11 is 0. The van der Waals surface area contributed by atoms with Crippen molar-refractivity contribution >= 4 is 17.3 Å². The van der Waals surface area contributed by atoms with Crippen LogP contribution in [-0.2, 0) is 0 Å². The van der Waals surface area contributed by atoms with Crippen LogP contribution in [0.4, 0.5) is 24.5 Å². The van der Waals surface area contributed by atoms with E-state index in [-0.39, 0.29) is 17.9 Å². The van der Waals surface area contributed by atoms with Crippen LogP contribution in [0.5, 0.6) is 0 Å². The zero-order valence-electron chi connectivity index (χ0n) is 9.81. The van der Waals surface area contributed by atoms with Gasteiger partial charge in [-0.1, -0.05) is 0 Å². The second kappa shape index (κ2) is 6.28. The number of carboxylic acid groups (broad SMARTS) is 1. The molecule has 0 atom stereocenters. The van der Waals surface area contributed by atoms with Crippen molar-refractivity contribution in [3.63, 3.8) is 0 Å². The monoisotopic (exact) mass is 278 g/mol. The van der Waals surface area contributed by atoms with Crippen LogP contribution in [0.2, 0.25) is 0 Å². The number of aromatic carboxylic acids is 1. The van der Waals surface area contributed by atoms with E-state index in [1.807, 2.05) is 0 Å². The highest BCUT2D eigenvalue weighted by molar-refractivity contribution is 5.90. The fraction of sp³-hybridized carbons (Fsp3) is 0.364. The summed E-state index contributed by atoms with van der Waals surface area (Å²) < 4.78 is 38.3. The molecule has 0 aliphatic rings. The first-order valence-electron chi connectivity index (χ1n) is 5.33. The highest BCUT2D eigenvalue weighted by Gasteiger charge is 2.19. The molecule has 0 unspecified atom stereocenters. The Kier molecular flexibility index (Phi) is 4.99. The lowest BCUT2D eigenvalue weighted by Gasteiger charge is -2.25. The molecule has 0 spiro atoms. The van der Waals surface area contributed by atoms with Crippen molar-refractivity contribution in [2.75, 3.05) is 30.3 Å². The molecule has 106 valence electrons. The number of carbonyl (C=O) groups is 1. The number of rotatable bonds is 6. The van der Waals surface area contributed by atoms with E-state index in [0.29, 0.717) is 0 Å². The average molecular weight is 278 g/mol. The molecular weight excluding hydrogens is 265 g/mol. The first-order chi connectivity index (χ1) is 8.86. The van der Waals surface area contributed by atoms with Crippen molar-refractivity contribution in [3.05, 3.63) is 23.5 Å². The first-order valence-corrected chi connectivity index (χ1v) is 5.33. The van der Waals surface area contributed by atoms with E-state index in [0.717, 1.165) is 17.0 Å². The fourth-order valence-corrected chi connectivity index (χ4v) is 1.61. The number of benzene rings is 1. The molecule has 0 aliphatic heterocycles. The van der Waals surface area contributed by atoms with Gasteiger partial charge < -0.3 is 20.8 Å². The normalized spacial score (nSPS) is 10.8. The molecule has 19 heavy (non-hydrogen) atoms. The Morgan fingerprint density at radius 1 is 1.42 bits per heavy atom. The average Bonchev–Trinajstić information content (AvgIpc) is 2.30. The molecule has 1 rings (SSSR count). The van der Waals surface area contributed by atoms with Crippen LogP contribution in [-0.4, -0.2) is 42.3 Å². The molecule has 0 saturated heterocycles. The third kappa shape index (κ3) is 3.75. The Morgan fingerprint density at radius 2 is 2.05 bits per heavy atom. The highest BCUT2D eigenvalue weighted by atomic mass is 19.3. The lowest BCUT2D eigenvalue weighted by atomic mass is 10.1. The summed E-state index contributed by atoms with van der Waals surface area (Å²) in [5, 5.41) is 17.5. The van der Waals surface area contributed by atoms with Crippen molar-refractivity contribution in [2.24, 2.45) is 0 Å². The van der Waals surface area contributed by atoms with Gasteiger partial charge in [0, 0.05) is 12.6 Å². The Balaban J connectivity index is 3.16. The van der Waals surface area contributed by atoms with Crippen LogP contribution in [0.25, 0.3) is 0 Å². The molecule has 1 aromatic rings. The van der Waals surface area contributed by atoms with Crippen LogP contribution < -0.4 is 10.6 Å². The number of hydrogen-bond donors (Lipinski definition) is 3. The zero-order chi connectivity index (χ0) is 14.6. The van der Waals surface area contributed by atoms with E-state index in [9.17, 15) is 18.0 Å². The van der Waals surface area contributed by atoms with Crippen molar-refractivity contribution in [2.45, 2.75) is 6.43 Å². The lowest BCUT2D eigenvalue weighted by Crippen LogP contribution is -2.32. The molecular formula is C11H13F3N2O3. The first kappa shape index (κ1) is 15.1. The van der Waals surface area contributed by atoms with Crippen LogP contribution in [0.1, 0.15) is 10.4 Å². The van der Waals surface area contributed by atoms with E-state index >= 15 is 0 Å². The van der Waals surface area contributed by atoms with Gasteiger partial charge in [-0.05, 0) is 6.07 Å². The molecule has 0 amide bonds. The molecule has 0 aromatic heterocycles. The number of nitrogens with zero attached hydrogens (tertiary/aromatic N) is 1. The number of alkyl halides is 2. The van der Waals surface area contributed by atoms with Crippen molar-refractivity contribution in [3.8, 4) is 0 Å². The van der Waals surface area contributed by atoms with Gasteiger partial charge in [0.05, 0.1) is 30.1 Å². The quantitative estimate of drug-likeness (QED) is 0.680. The minimum atomic E-state index is -2.70. The third-order valence-electron chi connectivity index (χ3n) is 2.42. The van der Waals surface area contributed by atoms with E-state index < -0.39 is 36.9 Å². The standard InChI is InChI=1S/C11H13F3N2O3/c12-7-4-9(8(15)3-6(7)11(18)19)16(1-2-17)5-10(13)14/h3-4,10,17H,1-2,5,15H2,(H,18,19). The Hall–Kier alpha value is -1.96. The zero-order valence-corrected chi connectivity index (χ0v) is 9.81. The fourth-order valence-electron chi connectivity index (χ4n) is 1.61. The maximum atomic E-state index is 13.5. The smallest absolute Gasteiger partial charge is 0.338 e. The predicted molar refractivity (Wildman–Crippen MR) is 63.1 cm³/mol. The highest BCUT2D eigenvalue weighted by Crippen LogP contribution is 2.27. The maximum Gasteiger partial charge on any atom is 0.338 e. The summed E-state index contributed by atoms with van der Waals surface area (Å²) in [5.74, 6) is -2.58. The molecule has 0 bridgehead atoms. The largest absolute Gasteiger partial charge is 0.478 e. The van der Waals surface area contributed by atoms with E-state index in [1.54, 1.807) is 0 Å². The molecule has 4 N–H and O–H groups in total. The minimum Gasteiger partial charge on any atom is -0.478 e. The maximum absolute atomic E-state index is 13.5. The summed E-state index contributed by atoms with van der Waals surface area (Å²) in [6.07, 6.45) is -2.70.